The fourth-order valence-electron chi connectivity index (χ4n) is 5.01. The number of hydrogen-bond donors (Lipinski definition) is 2. The summed E-state index contributed by atoms with van der Waals surface area (Å²) in [6.07, 6.45) is 7.96. The van der Waals surface area contributed by atoms with E-state index < -0.39 is 5.91 Å². The predicted molar refractivity (Wildman–Crippen MR) is 139 cm³/mol. The Labute approximate surface area is 212 Å². The van der Waals surface area contributed by atoms with Crippen molar-refractivity contribution < 1.29 is 23.9 Å². The molecule has 192 valence electrons. The third-order valence-electron chi connectivity index (χ3n) is 7.05. The summed E-state index contributed by atoms with van der Waals surface area (Å²) in [6.45, 7) is 1.43. The number of likely N-dealkylation sites (tertiary alicyclic amines) is 1. The van der Waals surface area contributed by atoms with Crippen LogP contribution in [0.15, 0.2) is 36.4 Å². The molecule has 0 radical (unpaired) electrons. The van der Waals surface area contributed by atoms with Gasteiger partial charge in [-0.15, -0.1) is 0 Å². The molecule has 2 aromatic rings. The quantitative estimate of drug-likeness (QED) is 0.559. The monoisotopic (exact) mass is 493 g/mol. The molecule has 2 N–H and O–H groups in total. The maximum Gasteiger partial charge on any atom is 0.257 e. The van der Waals surface area contributed by atoms with Crippen LogP contribution < -0.4 is 20.1 Å². The summed E-state index contributed by atoms with van der Waals surface area (Å²) in [6, 6.07) is 10.2. The van der Waals surface area contributed by atoms with Gasteiger partial charge in [0.2, 0.25) is 5.91 Å². The molecule has 2 aliphatic rings. The molecule has 3 amide bonds. The lowest BCUT2D eigenvalue weighted by Gasteiger charge is -2.27. The highest BCUT2D eigenvalue weighted by molar-refractivity contribution is 6.13. The summed E-state index contributed by atoms with van der Waals surface area (Å²) >= 11 is 0. The molecule has 36 heavy (non-hydrogen) atoms. The van der Waals surface area contributed by atoms with Gasteiger partial charge in [-0.25, -0.2) is 0 Å². The molecule has 0 atom stereocenters. The van der Waals surface area contributed by atoms with Crippen molar-refractivity contribution >= 4 is 29.1 Å². The molecule has 0 spiro atoms. The van der Waals surface area contributed by atoms with Gasteiger partial charge in [-0.2, -0.15) is 0 Å². The molecule has 1 saturated carbocycles. The Balaban J connectivity index is 1.61. The molecule has 0 aromatic heterocycles. The maximum atomic E-state index is 13.5. The summed E-state index contributed by atoms with van der Waals surface area (Å²) in [7, 11) is 3.00. The molecule has 0 bridgehead atoms. The third-order valence-corrected chi connectivity index (χ3v) is 7.05. The minimum absolute atomic E-state index is 0.0781. The van der Waals surface area contributed by atoms with Gasteiger partial charge in [0, 0.05) is 25.1 Å². The number of nitrogens with zero attached hydrogens (tertiary/aromatic N) is 1. The van der Waals surface area contributed by atoms with Crippen molar-refractivity contribution in [3.63, 3.8) is 0 Å². The summed E-state index contributed by atoms with van der Waals surface area (Å²) in [4.78, 5) is 41.6. The van der Waals surface area contributed by atoms with E-state index in [0.29, 0.717) is 41.5 Å². The van der Waals surface area contributed by atoms with Crippen molar-refractivity contribution in [1.82, 2.24) is 4.90 Å². The van der Waals surface area contributed by atoms with E-state index in [1.54, 1.807) is 36.4 Å². The molecule has 2 fully saturated rings. The topological polar surface area (TPSA) is 97.0 Å². The van der Waals surface area contributed by atoms with Crippen LogP contribution in [0.1, 0.15) is 72.1 Å². The van der Waals surface area contributed by atoms with Gasteiger partial charge in [0.15, 0.2) is 11.5 Å². The molecule has 1 aliphatic heterocycles. The molecular formula is C28H35N3O5. The van der Waals surface area contributed by atoms with Crippen LogP contribution in [0.4, 0.5) is 11.4 Å². The molecule has 4 rings (SSSR count). The number of carbonyl (C=O) groups is 3. The minimum Gasteiger partial charge on any atom is -0.493 e. The van der Waals surface area contributed by atoms with Crippen LogP contribution in [0, 0.1) is 5.92 Å². The smallest absolute Gasteiger partial charge is 0.257 e. The predicted octanol–water partition coefficient (Wildman–Crippen LogP) is 5.10. The van der Waals surface area contributed by atoms with Gasteiger partial charge in [-0.3, -0.25) is 14.4 Å². The normalized spacial score (nSPS) is 16.2. The van der Waals surface area contributed by atoms with Gasteiger partial charge >= 0.3 is 0 Å². The standard InChI is InChI=1S/C28H35N3O5/c1-35-24-17-21(23(18-25(24)36-2)30-26(32)19-11-5-3-6-12-19)27(33)29-22-14-8-7-13-20(22)28(34)31-15-9-4-10-16-31/h7-8,13-14,17-19H,3-6,9-12,15-16H2,1-2H3,(H,29,33)(H,30,32). The van der Waals surface area contributed by atoms with Gasteiger partial charge < -0.3 is 25.0 Å². The minimum atomic E-state index is -0.450. The number of para-hydroxylation sites is 1. The summed E-state index contributed by atoms with van der Waals surface area (Å²) in [5.74, 6) is 0.0597. The Morgan fingerprint density at radius 3 is 2.11 bits per heavy atom. The van der Waals surface area contributed by atoms with Crippen LogP contribution in [-0.4, -0.2) is 49.9 Å². The maximum absolute atomic E-state index is 13.5. The van der Waals surface area contributed by atoms with E-state index in [1.165, 1.54) is 14.2 Å². The van der Waals surface area contributed by atoms with Gasteiger partial charge in [-0.05, 0) is 50.3 Å². The highest BCUT2D eigenvalue weighted by Crippen LogP contribution is 2.35. The number of carbonyl (C=O) groups excluding carboxylic acids is 3. The van der Waals surface area contributed by atoms with Gasteiger partial charge in [0.25, 0.3) is 11.8 Å². The number of methoxy groups -OCH3 is 2. The number of hydrogen-bond acceptors (Lipinski definition) is 5. The number of anilines is 2. The van der Waals surface area contributed by atoms with Crippen LogP contribution in [-0.2, 0) is 4.79 Å². The van der Waals surface area contributed by atoms with Crippen LogP contribution in [0.5, 0.6) is 11.5 Å². The molecule has 8 nitrogen and oxygen atoms in total. The number of amides is 3. The van der Waals surface area contributed by atoms with Crippen molar-refractivity contribution in [2.75, 3.05) is 37.9 Å². The molecule has 1 saturated heterocycles. The molecule has 0 unspecified atom stereocenters. The first-order valence-corrected chi connectivity index (χ1v) is 12.8. The van der Waals surface area contributed by atoms with Crippen LogP contribution in [0.2, 0.25) is 0 Å². The Morgan fingerprint density at radius 2 is 1.42 bits per heavy atom. The first-order valence-electron chi connectivity index (χ1n) is 12.8. The number of rotatable bonds is 7. The number of piperidine rings is 1. The van der Waals surface area contributed by atoms with Crippen LogP contribution in [0.3, 0.4) is 0 Å². The largest absolute Gasteiger partial charge is 0.493 e. The Morgan fingerprint density at radius 1 is 0.778 bits per heavy atom. The fraction of sp³-hybridized carbons (Fsp3) is 0.464. The van der Waals surface area contributed by atoms with Gasteiger partial charge in [0.1, 0.15) is 0 Å². The number of nitrogens with one attached hydrogen (secondary N) is 2. The van der Waals surface area contributed by atoms with Gasteiger partial charge in [0.05, 0.1) is 36.7 Å². The second-order valence-electron chi connectivity index (χ2n) is 9.43. The lowest BCUT2D eigenvalue weighted by atomic mass is 9.88. The number of ether oxygens (including phenoxy) is 2. The Bertz CT molecular complexity index is 1100. The van der Waals surface area contributed by atoms with Crippen molar-refractivity contribution in [3.05, 3.63) is 47.5 Å². The summed E-state index contributed by atoms with van der Waals surface area (Å²) in [5.41, 5.74) is 1.45. The molecular weight excluding hydrogens is 458 g/mol. The fourth-order valence-corrected chi connectivity index (χ4v) is 5.01. The van der Waals surface area contributed by atoms with Crippen molar-refractivity contribution in [1.29, 1.82) is 0 Å². The Kier molecular flexibility index (Phi) is 8.46. The highest BCUT2D eigenvalue weighted by atomic mass is 16.5. The van der Waals surface area contributed by atoms with Crippen molar-refractivity contribution in [2.45, 2.75) is 51.4 Å². The lowest BCUT2D eigenvalue weighted by molar-refractivity contribution is -0.120. The average Bonchev–Trinajstić information content (AvgIpc) is 2.93. The van der Waals surface area contributed by atoms with E-state index in [2.05, 4.69) is 10.6 Å². The molecule has 1 heterocycles. The molecule has 2 aromatic carbocycles. The van der Waals surface area contributed by atoms with Crippen LogP contribution >= 0.6 is 0 Å². The first kappa shape index (κ1) is 25.5. The zero-order valence-corrected chi connectivity index (χ0v) is 21.1. The average molecular weight is 494 g/mol. The van der Waals surface area contributed by atoms with Crippen molar-refractivity contribution in [3.8, 4) is 11.5 Å². The number of benzene rings is 2. The van der Waals surface area contributed by atoms with E-state index >= 15 is 0 Å². The van der Waals surface area contributed by atoms with E-state index in [4.69, 9.17) is 9.47 Å². The van der Waals surface area contributed by atoms with Gasteiger partial charge in [-0.1, -0.05) is 31.4 Å². The first-order chi connectivity index (χ1) is 17.5. The Hall–Kier alpha value is -3.55. The second kappa shape index (κ2) is 11.9. The summed E-state index contributed by atoms with van der Waals surface area (Å²) in [5, 5.41) is 5.85. The SMILES string of the molecule is COc1cc(NC(=O)C2CCCCC2)c(C(=O)Nc2ccccc2C(=O)N2CCCCC2)cc1OC. The van der Waals surface area contributed by atoms with E-state index in [0.717, 1.165) is 51.4 Å². The zero-order chi connectivity index (χ0) is 25.5. The van der Waals surface area contributed by atoms with E-state index in [1.807, 2.05) is 4.90 Å². The van der Waals surface area contributed by atoms with E-state index in [9.17, 15) is 14.4 Å². The highest BCUT2D eigenvalue weighted by Gasteiger charge is 2.26. The third kappa shape index (κ3) is 5.80. The molecule has 8 heteroatoms. The zero-order valence-electron chi connectivity index (χ0n) is 21.1. The van der Waals surface area contributed by atoms with Crippen LogP contribution in [0.25, 0.3) is 0 Å². The summed E-state index contributed by atoms with van der Waals surface area (Å²) < 4.78 is 10.8. The second-order valence-corrected chi connectivity index (χ2v) is 9.43. The van der Waals surface area contributed by atoms with Crippen molar-refractivity contribution in [2.24, 2.45) is 5.92 Å². The molecule has 1 aliphatic carbocycles. The van der Waals surface area contributed by atoms with E-state index in [-0.39, 0.29) is 23.3 Å². The lowest BCUT2D eigenvalue weighted by Crippen LogP contribution is -2.36.